The largest absolute Gasteiger partial charge is 0.299 e. The molecule has 0 aliphatic carbocycles. The van der Waals surface area contributed by atoms with Gasteiger partial charge in [-0.2, -0.15) is 0 Å². The predicted molar refractivity (Wildman–Crippen MR) is 62.8 cm³/mol. The maximum atomic E-state index is 4.32. The molecule has 1 aromatic rings. The summed E-state index contributed by atoms with van der Waals surface area (Å²) in [4.78, 5) is 6.84. The Kier molecular flexibility index (Phi) is 3.37. The van der Waals surface area contributed by atoms with Crippen molar-refractivity contribution in [2.24, 2.45) is 0 Å². The summed E-state index contributed by atoms with van der Waals surface area (Å²) in [6.45, 7) is 8.03. The number of aromatic nitrogens is 1. The molecular formula is C13H20N2. The Morgan fingerprint density at radius 1 is 1.27 bits per heavy atom. The fourth-order valence-corrected chi connectivity index (χ4v) is 2.11. The van der Waals surface area contributed by atoms with Crippen LogP contribution >= 0.6 is 0 Å². The van der Waals surface area contributed by atoms with Crippen molar-refractivity contribution in [3.05, 3.63) is 29.6 Å². The van der Waals surface area contributed by atoms with Gasteiger partial charge in [-0.15, -0.1) is 0 Å². The van der Waals surface area contributed by atoms with Crippen molar-refractivity contribution in [1.82, 2.24) is 9.88 Å². The van der Waals surface area contributed by atoms with Crippen LogP contribution in [0.4, 0.5) is 0 Å². The molecule has 0 bridgehead atoms. The highest BCUT2D eigenvalue weighted by molar-refractivity contribution is 5.20. The zero-order chi connectivity index (χ0) is 10.7. The van der Waals surface area contributed by atoms with Gasteiger partial charge in [0.25, 0.3) is 0 Å². The highest BCUT2D eigenvalue weighted by Gasteiger charge is 2.12. The number of likely N-dealkylation sites (tertiary alicyclic amines) is 1. The lowest BCUT2D eigenvalue weighted by atomic mass is 10.0. The van der Waals surface area contributed by atoms with E-state index in [0.717, 1.165) is 6.54 Å². The Balaban J connectivity index is 2.04. The smallest absolute Gasteiger partial charge is 0.0313 e. The van der Waals surface area contributed by atoms with Gasteiger partial charge in [0.05, 0.1) is 0 Å². The van der Waals surface area contributed by atoms with E-state index < -0.39 is 0 Å². The normalized spacial score (nSPS) is 17.5. The number of nitrogens with zero attached hydrogens (tertiary/aromatic N) is 2. The number of hydrogen-bond donors (Lipinski definition) is 0. The lowest BCUT2D eigenvalue weighted by Gasteiger charge is -2.15. The zero-order valence-electron chi connectivity index (χ0n) is 9.74. The summed E-state index contributed by atoms with van der Waals surface area (Å²) >= 11 is 0. The maximum Gasteiger partial charge on any atom is 0.0313 e. The van der Waals surface area contributed by atoms with Crippen molar-refractivity contribution in [2.45, 2.75) is 39.2 Å². The summed E-state index contributed by atoms with van der Waals surface area (Å²) in [5.41, 5.74) is 2.72. The Bertz CT molecular complexity index is 314. The van der Waals surface area contributed by atoms with E-state index in [9.17, 15) is 0 Å². The number of hydrogen-bond acceptors (Lipinski definition) is 2. The fourth-order valence-electron chi connectivity index (χ4n) is 2.11. The minimum Gasteiger partial charge on any atom is -0.299 e. The third kappa shape index (κ3) is 2.78. The first kappa shape index (κ1) is 10.6. The molecule has 2 heteroatoms. The molecule has 0 atom stereocenters. The molecule has 0 N–H and O–H groups in total. The van der Waals surface area contributed by atoms with E-state index in [1.165, 1.54) is 37.1 Å². The predicted octanol–water partition coefficient (Wildman–Crippen LogP) is 2.80. The molecule has 82 valence electrons. The molecule has 1 aliphatic heterocycles. The molecule has 15 heavy (non-hydrogen) atoms. The Hall–Kier alpha value is -0.890. The topological polar surface area (TPSA) is 16.1 Å². The molecule has 1 aromatic heterocycles. The minimum absolute atomic E-state index is 0.580. The molecule has 0 aromatic carbocycles. The highest BCUT2D eigenvalue weighted by atomic mass is 15.1. The van der Waals surface area contributed by atoms with E-state index in [-0.39, 0.29) is 0 Å². The van der Waals surface area contributed by atoms with Crippen LogP contribution < -0.4 is 0 Å². The molecular weight excluding hydrogens is 184 g/mol. The molecule has 1 saturated heterocycles. The van der Waals surface area contributed by atoms with Crippen molar-refractivity contribution < 1.29 is 0 Å². The van der Waals surface area contributed by atoms with Crippen molar-refractivity contribution in [3.63, 3.8) is 0 Å². The fraction of sp³-hybridized carbons (Fsp3) is 0.615. The van der Waals surface area contributed by atoms with Gasteiger partial charge in [-0.25, -0.2) is 0 Å². The lowest BCUT2D eigenvalue weighted by molar-refractivity contribution is 0.331. The van der Waals surface area contributed by atoms with Gasteiger partial charge in [-0.3, -0.25) is 9.88 Å². The molecule has 2 heterocycles. The first-order valence-electron chi connectivity index (χ1n) is 5.92. The van der Waals surface area contributed by atoms with Gasteiger partial charge in [0.2, 0.25) is 0 Å². The van der Waals surface area contributed by atoms with Crippen LogP contribution in [-0.4, -0.2) is 23.0 Å². The SMILES string of the molecule is CC(C)c1cncc(CN2CCCC2)c1. The van der Waals surface area contributed by atoms with Crippen LogP contribution in [0.5, 0.6) is 0 Å². The van der Waals surface area contributed by atoms with Gasteiger partial charge in [0.15, 0.2) is 0 Å². The van der Waals surface area contributed by atoms with Gasteiger partial charge in [0, 0.05) is 18.9 Å². The highest BCUT2D eigenvalue weighted by Crippen LogP contribution is 2.17. The second-order valence-electron chi connectivity index (χ2n) is 4.76. The van der Waals surface area contributed by atoms with E-state index in [1.807, 2.05) is 12.4 Å². The van der Waals surface area contributed by atoms with Crippen LogP contribution in [0.3, 0.4) is 0 Å². The first-order chi connectivity index (χ1) is 7.25. The van der Waals surface area contributed by atoms with E-state index >= 15 is 0 Å². The van der Waals surface area contributed by atoms with Gasteiger partial charge in [-0.05, 0) is 43.0 Å². The zero-order valence-corrected chi connectivity index (χ0v) is 9.74. The summed E-state index contributed by atoms with van der Waals surface area (Å²) in [6.07, 6.45) is 6.71. The van der Waals surface area contributed by atoms with Gasteiger partial charge in [-0.1, -0.05) is 19.9 Å². The van der Waals surface area contributed by atoms with Gasteiger partial charge >= 0.3 is 0 Å². The lowest BCUT2D eigenvalue weighted by Crippen LogP contribution is -2.18. The summed E-state index contributed by atoms with van der Waals surface area (Å²) in [6, 6.07) is 2.30. The molecule has 0 unspecified atom stereocenters. The van der Waals surface area contributed by atoms with E-state index in [4.69, 9.17) is 0 Å². The van der Waals surface area contributed by atoms with Crippen LogP contribution in [0.1, 0.15) is 43.7 Å². The van der Waals surface area contributed by atoms with Crippen LogP contribution in [-0.2, 0) is 6.54 Å². The minimum atomic E-state index is 0.580. The van der Waals surface area contributed by atoms with Crippen LogP contribution in [0, 0.1) is 0 Å². The second-order valence-corrected chi connectivity index (χ2v) is 4.76. The Morgan fingerprint density at radius 3 is 2.67 bits per heavy atom. The summed E-state index contributed by atoms with van der Waals surface area (Å²) < 4.78 is 0. The van der Waals surface area contributed by atoms with Crippen molar-refractivity contribution >= 4 is 0 Å². The van der Waals surface area contributed by atoms with Crippen LogP contribution in [0.25, 0.3) is 0 Å². The molecule has 2 nitrogen and oxygen atoms in total. The number of pyridine rings is 1. The average molecular weight is 204 g/mol. The van der Waals surface area contributed by atoms with Gasteiger partial charge in [0.1, 0.15) is 0 Å². The molecule has 0 spiro atoms. The average Bonchev–Trinajstić information content (AvgIpc) is 2.71. The third-order valence-corrected chi connectivity index (χ3v) is 3.09. The van der Waals surface area contributed by atoms with Crippen molar-refractivity contribution in [1.29, 1.82) is 0 Å². The summed E-state index contributed by atoms with van der Waals surface area (Å²) in [5, 5.41) is 0. The third-order valence-electron chi connectivity index (χ3n) is 3.09. The molecule has 0 saturated carbocycles. The summed E-state index contributed by atoms with van der Waals surface area (Å²) in [5.74, 6) is 0.580. The quantitative estimate of drug-likeness (QED) is 0.752. The summed E-state index contributed by atoms with van der Waals surface area (Å²) in [7, 11) is 0. The van der Waals surface area contributed by atoms with E-state index in [2.05, 4.69) is 29.8 Å². The van der Waals surface area contributed by atoms with Crippen molar-refractivity contribution in [3.8, 4) is 0 Å². The Morgan fingerprint density at radius 2 is 2.00 bits per heavy atom. The van der Waals surface area contributed by atoms with E-state index in [0.29, 0.717) is 5.92 Å². The first-order valence-corrected chi connectivity index (χ1v) is 5.92. The standard InChI is InChI=1S/C13H20N2/c1-11(2)13-7-12(8-14-9-13)10-15-5-3-4-6-15/h7-9,11H,3-6,10H2,1-2H3. The maximum absolute atomic E-state index is 4.32. The van der Waals surface area contributed by atoms with Crippen LogP contribution in [0.15, 0.2) is 18.5 Å². The molecule has 0 radical (unpaired) electrons. The van der Waals surface area contributed by atoms with Crippen LogP contribution in [0.2, 0.25) is 0 Å². The number of rotatable bonds is 3. The van der Waals surface area contributed by atoms with E-state index in [1.54, 1.807) is 0 Å². The van der Waals surface area contributed by atoms with Gasteiger partial charge < -0.3 is 0 Å². The monoisotopic (exact) mass is 204 g/mol. The molecule has 0 amide bonds. The molecule has 2 rings (SSSR count). The van der Waals surface area contributed by atoms with Crippen molar-refractivity contribution in [2.75, 3.05) is 13.1 Å². The Labute approximate surface area is 92.3 Å². The second kappa shape index (κ2) is 4.75. The molecule has 1 aliphatic rings. The molecule has 1 fully saturated rings.